The predicted octanol–water partition coefficient (Wildman–Crippen LogP) is 2.80. The van der Waals surface area contributed by atoms with Crippen molar-refractivity contribution >= 4 is 5.91 Å². The molecule has 0 N–H and O–H groups in total. The van der Waals surface area contributed by atoms with Gasteiger partial charge in [-0.1, -0.05) is 0 Å². The highest BCUT2D eigenvalue weighted by molar-refractivity contribution is 5.76. The second-order valence-electron chi connectivity index (χ2n) is 6.88. The number of hydrogen-bond donors (Lipinski definition) is 0. The summed E-state index contributed by atoms with van der Waals surface area (Å²) in [5, 5.41) is 0. The van der Waals surface area contributed by atoms with Gasteiger partial charge in [-0.25, -0.2) is 0 Å². The van der Waals surface area contributed by atoms with Crippen LogP contribution in [-0.4, -0.2) is 52.6 Å². The maximum Gasteiger partial charge on any atom is 0.389 e. The maximum atomic E-state index is 12.2. The van der Waals surface area contributed by atoms with E-state index in [1.165, 1.54) is 0 Å². The number of amides is 1. The summed E-state index contributed by atoms with van der Waals surface area (Å²) in [5.41, 5.74) is 0.0486. The van der Waals surface area contributed by atoms with E-state index < -0.39 is 19.0 Å². The SMILES string of the molecule is CC(C)(C)N1C2CCC1CN(C(=O)CCC(F)(F)F)C2. The number of alkyl halides is 3. The number of piperazine rings is 1. The van der Waals surface area contributed by atoms with Gasteiger partial charge < -0.3 is 4.90 Å². The van der Waals surface area contributed by atoms with Crippen LogP contribution in [0.4, 0.5) is 13.2 Å². The summed E-state index contributed by atoms with van der Waals surface area (Å²) in [7, 11) is 0. The summed E-state index contributed by atoms with van der Waals surface area (Å²) in [6.45, 7) is 7.60. The Labute approximate surface area is 118 Å². The van der Waals surface area contributed by atoms with Crippen LogP contribution < -0.4 is 0 Å². The number of fused-ring (bicyclic) bond motifs is 2. The quantitative estimate of drug-likeness (QED) is 0.781. The van der Waals surface area contributed by atoms with Crippen molar-refractivity contribution < 1.29 is 18.0 Å². The minimum absolute atomic E-state index is 0.0486. The van der Waals surface area contributed by atoms with E-state index in [-0.39, 0.29) is 11.4 Å². The fourth-order valence-electron chi connectivity index (χ4n) is 3.61. The van der Waals surface area contributed by atoms with Gasteiger partial charge in [-0.05, 0) is 33.6 Å². The zero-order chi connectivity index (χ0) is 15.1. The Morgan fingerprint density at radius 3 is 2.00 bits per heavy atom. The molecule has 2 aliphatic rings. The number of carbonyl (C=O) groups is 1. The smallest absolute Gasteiger partial charge is 0.340 e. The molecule has 2 fully saturated rings. The van der Waals surface area contributed by atoms with Gasteiger partial charge in [0, 0.05) is 37.1 Å². The number of hydrogen-bond acceptors (Lipinski definition) is 2. The van der Waals surface area contributed by atoms with Crippen LogP contribution in [0.5, 0.6) is 0 Å². The first-order valence-corrected chi connectivity index (χ1v) is 7.21. The summed E-state index contributed by atoms with van der Waals surface area (Å²) >= 11 is 0. The van der Waals surface area contributed by atoms with E-state index in [2.05, 4.69) is 25.7 Å². The number of carbonyl (C=O) groups excluding carboxylic acids is 1. The third kappa shape index (κ3) is 3.45. The fraction of sp³-hybridized carbons (Fsp3) is 0.929. The van der Waals surface area contributed by atoms with Gasteiger partial charge in [-0.3, -0.25) is 9.69 Å². The molecule has 2 unspecified atom stereocenters. The highest BCUT2D eigenvalue weighted by atomic mass is 19.4. The maximum absolute atomic E-state index is 12.2. The van der Waals surface area contributed by atoms with Crippen molar-refractivity contribution in [3.05, 3.63) is 0 Å². The van der Waals surface area contributed by atoms with E-state index in [1.54, 1.807) is 4.90 Å². The largest absolute Gasteiger partial charge is 0.389 e. The highest BCUT2D eigenvalue weighted by Crippen LogP contribution is 2.36. The molecule has 0 aromatic carbocycles. The lowest BCUT2D eigenvalue weighted by Crippen LogP contribution is -2.60. The Balaban J connectivity index is 1.94. The van der Waals surface area contributed by atoms with Crippen LogP contribution in [0, 0.1) is 0 Å². The third-order valence-electron chi connectivity index (χ3n) is 4.23. The van der Waals surface area contributed by atoms with E-state index in [0.29, 0.717) is 25.2 Å². The minimum atomic E-state index is -4.25. The molecule has 0 spiro atoms. The van der Waals surface area contributed by atoms with Crippen molar-refractivity contribution in [2.24, 2.45) is 0 Å². The first-order valence-electron chi connectivity index (χ1n) is 7.21. The van der Waals surface area contributed by atoms with Gasteiger partial charge in [0.1, 0.15) is 0 Å². The Hall–Kier alpha value is -0.780. The molecule has 2 atom stereocenters. The summed E-state index contributed by atoms with van der Waals surface area (Å²) in [4.78, 5) is 16.0. The monoisotopic (exact) mass is 292 g/mol. The third-order valence-corrected chi connectivity index (χ3v) is 4.23. The molecule has 2 aliphatic heterocycles. The van der Waals surface area contributed by atoms with Crippen LogP contribution >= 0.6 is 0 Å². The average Bonchev–Trinajstić information content (AvgIpc) is 2.57. The van der Waals surface area contributed by atoms with Crippen molar-refractivity contribution in [2.75, 3.05) is 13.1 Å². The molecule has 6 heteroatoms. The van der Waals surface area contributed by atoms with Gasteiger partial charge in [0.25, 0.3) is 0 Å². The lowest BCUT2D eigenvalue weighted by Gasteiger charge is -2.48. The van der Waals surface area contributed by atoms with Crippen LogP contribution in [0.1, 0.15) is 46.5 Å². The molecule has 2 rings (SSSR count). The molecular weight excluding hydrogens is 269 g/mol. The fourth-order valence-corrected chi connectivity index (χ4v) is 3.61. The van der Waals surface area contributed by atoms with Crippen molar-refractivity contribution in [1.82, 2.24) is 9.80 Å². The number of nitrogens with zero attached hydrogens (tertiary/aromatic N) is 2. The number of rotatable bonds is 2. The molecule has 2 bridgehead atoms. The van der Waals surface area contributed by atoms with Gasteiger partial charge in [0.15, 0.2) is 0 Å². The summed E-state index contributed by atoms with van der Waals surface area (Å²) in [5.74, 6) is -0.354. The van der Waals surface area contributed by atoms with Crippen molar-refractivity contribution in [2.45, 2.75) is 70.3 Å². The molecule has 2 heterocycles. The van der Waals surface area contributed by atoms with Crippen molar-refractivity contribution in [1.29, 1.82) is 0 Å². The standard InChI is InChI=1S/C14H23F3N2O/c1-13(2,3)19-10-4-5-11(19)9-18(8-10)12(20)6-7-14(15,16)17/h10-11H,4-9H2,1-3H3. The van der Waals surface area contributed by atoms with E-state index in [9.17, 15) is 18.0 Å². The molecule has 0 aromatic rings. The number of halogens is 3. The van der Waals surface area contributed by atoms with Gasteiger partial charge in [-0.15, -0.1) is 0 Å². The average molecular weight is 292 g/mol. The number of likely N-dealkylation sites (tertiary alicyclic amines) is 1. The Morgan fingerprint density at radius 1 is 1.10 bits per heavy atom. The minimum Gasteiger partial charge on any atom is -0.340 e. The van der Waals surface area contributed by atoms with Crippen LogP contribution in [0.15, 0.2) is 0 Å². The van der Waals surface area contributed by atoms with Crippen LogP contribution in [0.2, 0.25) is 0 Å². The van der Waals surface area contributed by atoms with Crippen LogP contribution in [-0.2, 0) is 4.79 Å². The zero-order valence-electron chi connectivity index (χ0n) is 12.3. The molecule has 116 valence electrons. The molecule has 1 amide bonds. The molecule has 3 nitrogen and oxygen atoms in total. The first-order chi connectivity index (χ1) is 9.08. The summed E-state index contributed by atoms with van der Waals surface area (Å²) in [6.07, 6.45) is -3.61. The normalized spacial score (nSPS) is 28.0. The topological polar surface area (TPSA) is 23.6 Å². The molecule has 0 aromatic heterocycles. The lowest BCUT2D eigenvalue weighted by molar-refractivity contribution is -0.151. The highest BCUT2D eigenvalue weighted by Gasteiger charge is 2.45. The van der Waals surface area contributed by atoms with Crippen molar-refractivity contribution in [3.63, 3.8) is 0 Å². The second-order valence-corrected chi connectivity index (χ2v) is 6.88. The van der Waals surface area contributed by atoms with E-state index in [1.807, 2.05) is 0 Å². The van der Waals surface area contributed by atoms with Crippen LogP contribution in [0.25, 0.3) is 0 Å². The van der Waals surface area contributed by atoms with Gasteiger partial charge in [-0.2, -0.15) is 13.2 Å². The Bertz CT molecular complexity index is 362. The van der Waals surface area contributed by atoms with Gasteiger partial charge >= 0.3 is 6.18 Å². The molecule has 2 saturated heterocycles. The van der Waals surface area contributed by atoms with E-state index in [4.69, 9.17) is 0 Å². The van der Waals surface area contributed by atoms with Gasteiger partial charge in [0.05, 0.1) is 6.42 Å². The Kier molecular flexibility index (Phi) is 4.06. The molecular formula is C14H23F3N2O. The second kappa shape index (κ2) is 5.20. The predicted molar refractivity (Wildman–Crippen MR) is 70.3 cm³/mol. The molecule has 20 heavy (non-hydrogen) atoms. The van der Waals surface area contributed by atoms with Crippen molar-refractivity contribution in [3.8, 4) is 0 Å². The summed E-state index contributed by atoms with van der Waals surface area (Å²) < 4.78 is 36.6. The van der Waals surface area contributed by atoms with Gasteiger partial charge in [0.2, 0.25) is 5.91 Å². The molecule has 0 radical (unpaired) electrons. The van der Waals surface area contributed by atoms with E-state index in [0.717, 1.165) is 12.8 Å². The summed E-state index contributed by atoms with van der Waals surface area (Å²) in [6, 6.07) is 0.590. The molecule has 0 saturated carbocycles. The zero-order valence-corrected chi connectivity index (χ0v) is 12.3. The first kappa shape index (κ1) is 15.6. The lowest BCUT2D eigenvalue weighted by atomic mass is 10.00. The van der Waals surface area contributed by atoms with E-state index >= 15 is 0 Å². The molecule has 0 aliphatic carbocycles. The van der Waals surface area contributed by atoms with Crippen LogP contribution in [0.3, 0.4) is 0 Å². The Morgan fingerprint density at radius 2 is 1.60 bits per heavy atom.